The molecule has 106 valence electrons. The molecule has 8 heteroatoms. The zero-order valence-corrected chi connectivity index (χ0v) is 11.6. The van der Waals surface area contributed by atoms with Crippen molar-refractivity contribution in [1.82, 2.24) is 30.4 Å². The number of nitrogens with zero attached hydrogens (tertiary/aromatic N) is 5. The van der Waals surface area contributed by atoms with Gasteiger partial charge < -0.3 is 10.2 Å². The number of rotatable bonds is 2. The van der Waals surface area contributed by atoms with Crippen LogP contribution in [0.25, 0.3) is 0 Å². The van der Waals surface area contributed by atoms with Gasteiger partial charge in [-0.05, 0) is 41.6 Å². The quantitative estimate of drug-likeness (QED) is 0.808. The highest BCUT2D eigenvalue weighted by atomic mass is 35.5. The van der Waals surface area contributed by atoms with Crippen LogP contribution in [0.3, 0.4) is 0 Å². The first-order chi connectivity index (χ1) is 8.77. The number of tetrazole rings is 1. The normalized spacial score (nSPS) is 21.4. The number of aromatic nitrogens is 4. The van der Waals surface area contributed by atoms with Gasteiger partial charge in [-0.15, -0.1) is 17.5 Å². The topological polar surface area (TPSA) is 75.9 Å². The Hall–Kier alpha value is -1.21. The summed E-state index contributed by atoms with van der Waals surface area (Å²) in [7, 11) is 0. The Labute approximate surface area is 118 Å². The summed E-state index contributed by atoms with van der Waals surface area (Å²) in [6.07, 6.45) is 4.95. The zero-order valence-electron chi connectivity index (χ0n) is 10.8. The summed E-state index contributed by atoms with van der Waals surface area (Å²) in [4.78, 5) is 14.0. The van der Waals surface area contributed by atoms with Gasteiger partial charge in [0.1, 0.15) is 12.9 Å². The molecule has 0 atom stereocenters. The van der Waals surface area contributed by atoms with Crippen molar-refractivity contribution in [2.24, 2.45) is 5.41 Å². The van der Waals surface area contributed by atoms with Gasteiger partial charge >= 0.3 is 0 Å². The van der Waals surface area contributed by atoms with E-state index >= 15 is 0 Å². The predicted octanol–water partition coefficient (Wildman–Crippen LogP) is -0.303. The lowest BCUT2D eigenvalue weighted by Crippen LogP contribution is -2.45. The smallest absolute Gasteiger partial charge is 0.244 e. The van der Waals surface area contributed by atoms with Crippen LogP contribution in [0.15, 0.2) is 6.33 Å². The number of hydrogen-bond acceptors (Lipinski definition) is 5. The highest BCUT2D eigenvalue weighted by Crippen LogP contribution is 2.36. The van der Waals surface area contributed by atoms with Crippen molar-refractivity contribution in [2.45, 2.75) is 25.8 Å². The fourth-order valence-electron chi connectivity index (χ4n) is 2.94. The van der Waals surface area contributed by atoms with Crippen LogP contribution in [0.4, 0.5) is 0 Å². The lowest BCUT2D eigenvalue weighted by molar-refractivity contribution is -0.134. The molecular formula is C11H19ClN6O. The molecule has 19 heavy (non-hydrogen) atoms. The molecule has 2 aliphatic heterocycles. The molecule has 0 bridgehead atoms. The third kappa shape index (κ3) is 3.03. The second-order valence-electron chi connectivity index (χ2n) is 5.31. The van der Waals surface area contributed by atoms with Crippen molar-refractivity contribution in [3.05, 3.63) is 6.33 Å². The maximum atomic E-state index is 12.1. The molecule has 0 saturated carbocycles. The van der Waals surface area contributed by atoms with Crippen molar-refractivity contribution in [2.75, 3.05) is 26.2 Å². The number of piperidine rings is 1. The number of amides is 1. The summed E-state index contributed by atoms with van der Waals surface area (Å²) < 4.78 is 1.48. The number of likely N-dealkylation sites (tertiary alicyclic amines) is 1. The largest absolute Gasteiger partial charge is 0.341 e. The Bertz CT molecular complexity index is 407. The molecule has 2 saturated heterocycles. The van der Waals surface area contributed by atoms with E-state index in [1.54, 1.807) is 0 Å². The van der Waals surface area contributed by atoms with E-state index in [4.69, 9.17) is 0 Å². The summed E-state index contributed by atoms with van der Waals surface area (Å²) in [5.74, 6) is 0.114. The lowest BCUT2D eigenvalue weighted by Gasteiger charge is -2.38. The molecule has 1 aromatic rings. The van der Waals surface area contributed by atoms with E-state index < -0.39 is 0 Å². The molecule has 7 nitrogen and oxygen atoms in total. The van der Waals surface area contributed by atoms with Crippen molar-refractivity contribution >= 4 is 18.3 Å². The SMILES string of the molecule is Cl.O=C(Cn1cnnn1)N1CCC2(CCNC2)CC1. The van der Waals surface area contributed by atoms with Crippen molar-refractivity contribution in [3.8, 4) is 0 Å². The van der Waals surface area contributed by atoms with Gasteiger partial charge in [0.2, 0.25) is 5.91 Å². The van der Waals surface area contributed by atoms with Crippen LogP contribution >= 0.6 is 12.4 Å². The molecule has 0 aromatic carbocycles. The van der Waals surface area contributed by atoms with Gasteiger partial charge in [-0.25, -0.2) is 4.68 Å². The average Bonchev–Trinajstić information content (AvgIpc) is 3.03. The maximum Gasteiger partial charge on any atom is 0.244 e. The van der Waals surface area contributed by atoms with Gasteiger partial charge in [0, 0.05) is 19.6 Å². The molecule has 1 amide bonds. The Kier molecular flexibility index (Phi) is 4.36. The van der Waals surface area contributed by atoms with Crippen LogP contribution in [0.2, 0.25) is 0 Å². The molecular weight excluding hydrogens is 268 g/mol. The van der Waals surface area contributed by atoms with Gasteiger partial charge in [0.25, 0.3) is 0 Å². The molecule has 1 spiro atoms. The number of halogens is 1. The Morgan fingerprint density at radius 3 is 2.68 bits per heavy atom. The van der Waals surface area contributed by atoms with E-state index in [9.17, 15) is 4.79 Å². The monoisotopic (exact) mass is 286 g/mol. The predicted molar refractivity (Wildman–Crippen MR) is 70.8 cm³/mol. The first-order valence-electron chi connectivity index (χ1n) is 6.47. The second kappa shape index (κ2) is 5.83. The minimum Gasteiger partial charge on any atom is -0.341 e. The molecule has 2 aliphatic rings. The van der Waals surface area contributed by atoms with Gasteiger partial charge in [-0.2, -0.15) is 0 Å². The van der Waals surface area contributed by atoms with Crippen LogP contribution < -0.4 is 5.32 Å². The fourth-order valence-corrected chi connectivity index (χ4v) is 2.94. The minimum atomic E-state index is 0. The molecule has 2 fully saturated rings. The van der Waals surface area contributed by atoms with E-state index in [2.05, 4.69) is 20.8 Å². The van der Waals surface area contributed by atoms with Crippen molar-refractivity contribution in [3.63, 3.8) is 0 Å². The van der Waals surface area contributed by atoms with E-state index in [0.717, 1.165) is 39.0 Å². The Morgan fingerprint density at radius 2 is 2.11 bits per heavy atom. The summed E-state index contributed by atoms with van der Waals surface area (Å²) in [6.45, 7) is 4.21. The Balaban J connectivity index is 0.00000133. The summed E-state index contributed by atoms with van der Waals surface area (Å²) in [6, 6.07) is 0. The molecule has 1 N–H and O–H groups in total. The van der Waals surface area contributed by atoms with Crippen LogP contribution in [-0.4, -0.2) is 57.2 Å². The number of nitrogens with one attached hydrogen (secondary N) is 1. The Morgan fingerprint density at radius 1 is 1.32 bits per heavy atom. The molecule has 0 unspecified atom stereocenters. The standard InChI is InChI=1S/C11H18N6O.ClH/c18-10(7-17-9-13-14-15-17)16-5-2-11(3-6-16)1-4-12-8-11;/h9,12H,1-8H2;1H. The summed E-state index contributed by atoms with van der Waals surface area (Å²) >= 11 is 0. The van der Waals surface area contributed by atoms with Crippen LogP contribution in [0.1, 0.15) is 19.3 Å². The molecule has 3 heterocycles. The van der Waals surface area contributed by atoms with E-state index in [1.807, 2.05) is 4.90 Å². The number of carbonyl (C=O) groups is 1. The third-order valence-corrected chi connectivity index (χ3v) is 4.20. The fraction of sp³-hybridized carbons (Fsp3) is 0.818. The van der Waals surface area contributed by atoms with Gasteiger partial charge in [-0.3, -0.25) is 4.79 Å². The van der Waals surface area contributed by atoms with E-state index in [0.29, 0.717) is 5.41 Å². The number of carbonyl (C=O) groups excluding carboxylic acids is 1. The van der Waals surface area contributed by atoms with Gasteiger partial charge in [0.05, 0.1) is 0 Å². The van der Waals surface area contributed by atoms with Gasteiger partial charge in [0.15, 0.2) is 0 Å². The number of hydrogen-bond donors (Lipinski definition) is 1. The first-order valence-corrected chi connectivity index (χ1v) is 6.47. The highest BCUT2D eigenvalue weighted by Gasteiger charge is 2.37. The van der Waals surface area contributed by atoms with Crippen molar-refractivity contribution < 1.29 is 4.79 Å². The van der Waals surface area contributed by atoms with Crippen LogP contribution in [0, 0.1) is 5.41 Å². The zero-order chi connectivity index (χ0) is 12.4. The molecule has 3 rings (SSSR count). The highest BCUT2D eigenvalue weighted by molar-refractivity contribution is 5.85. The summed E-state index contributed by atoms with van der Waals surface area (Å²) in [5, 5.41) is 14.2. The van der Waals surface area contributed by atoms with E-state index in [-0.39, 0.29) is 24.9 Å². The molecule has 1 aromatic heterocycles. The lowest BCUT2D eigenvalue weighted by atomic mass is 9.78. The van der Waals surface area contributed by atoms with Crippen LogP contribution in [0.5, 0.6) is 0 Å². The van der Waals surface area contributed by atoms with Crippen LogP contribution in [-0.2, 0) is 11.3 Å². The van der Waals surface area contributed by atoms with E-state index in [1.165, 1.54) is 17.4 Å². The average molecular weight is 287 g/mol. The summed E-state index contributed by atoms with van der Waals surface area (Å²) in [5.41, 5.74) is 0.450. The first kappa shape index (κ1) is 14.2. The molecule has 0 radical (unpaired) electrons. The maximum absolute atomic E-state index is 12.1. The second-order valence-corrected chi connectivity index (χ2v) is 5.31. The third-order valence-electron chi connectivity index (χ3n) is 4.20. The minimum absolute atomic E-state index is 0. The van der Waals surface area contributed by atoms with Gasteiger partial charge in [-0.1, -0.05) is 0 Å². The molecule has 0 aliphatic carbocycles. The van der Waals surface area contributed by atoms with Crippen molar-refractivity contribution in [1.29, 1.82) is 0 Å².